The number of fused-ring (bicyclic) bond motifs is 1. The van der Waals surface area contributed by atoms with Crippen LogP contribution in [0.25, 0.3) is 10.1 Å². The van der Waals surface area contributed by atoms with Crippen LogP contribution in [0, 0.1) is 6.92 Å². The van der Waals surface area contributed by atoms with Crippen molar-refractivity contribution in [2.75, 3.05) is 0 Å². The highest BCUT2D eigenvalue weighted by molar-refractivity contribution is 7.80. The molecule has 0 aliphatic heterocycles. The molecule has 1 aromatic heterocycles. The second kappa shape index (κ2) is 3.52. The molecule has 68 valence electrons. The van der Waals surface area contributed by atoms with Crippen LogP contribution in [-0.4, -0.2) is 0 Å². The van der Waals surface area contributed by atoms with E-state index in [2.05, 4.69) is 31.0 Å². The van der Waals surface area contributed by atoms with Crippen molar-refractivity contribution in [3.05, 3.63) is 28.6 Å². The molecule has 0 atom stereocenters. The maximum atomic E-state index is 5.90. The zero-order chi connectivity index (χ0) is 9.42. The summed E-state index contributed by atoms with van der Waals surface area (Å²) in [4.78, 5) is 0.990. The Balaban J connectivity index is 2.88. The molecule has 0 saturated heterocycles. The second-order valence-electron chi connectivity index (χ2n) is 2.99. The van der Waals surface area contributed by atoms with Crippen LogP contribution in [-0.2, 0) is 5.88 Å². The molecule has 0 bridgehead atoms. The van der Waals surface area contributed by atoms with Gasteiger partial charge >= 0.3 is 0 Å². The smallest absolute Gasteiger partial charge is 0.0491 e. The third-order valence-corrected chi connectivity index (χ3v) is 3.89. The summed E-state index contributed by atoms with van der Waals surface area (Å²) in [7, 11) is 0. The molecule has 3 heteroatoms. The molecule has 0 N–H and O–H groups in total. The average Bonchev–Trinajstić information content (AvgIpc) is 2.49. The van der Waals surface area contributed by atoms with Crippen LogP contribution in [0.5, 0.6) is 0 Å². The molecule has 0 amide bonds. The number of halogens is 1. The van der Waals surface area contributed by atoms with Gasteiger partial charge in [0.15, 0.2) is 0 Å². The summed E-state index contributed by atoms with van der Waals surface area (Å²) >= 11 is 12.1. The normalized spacial score (nSPS) is 11.0. The van der Waals surface area contributed by atoms with Crippen molar-refractivity contribution in [1.29, 1.82) is 0 Å². The van der Waals surface area contributed by atoms with Crippen LogP contribution in [0.1, 0.15) is 11.1 Å². The van der Waals surface area contributed by atoms with Crippen molar-refractivity contribution in [2.24, 2.45) is 0 Å². The number of thiophene rings is 1. The van der Waals surface area contributed by atoms with Gasteiger partial charge in [0.05, 0.1) is 0 Å². The summed E-state index contributed by atoms with van der Waals surface area (Å²) in [5.74, 6) is 0.535. The minimum atomic E-state index is 0.535. The third-order valence-electron chi connectivity index (χ3n) is 2.14. The molecule has 0 radical (unpaired) electrons. The number of rotatable bonds is 1. The largest absolute Gasteiger partial charge is 0.144 e. The highest BCUT2D eigenvalue weighted by Crippen LogP contribution is 2.32. The lowest BCUT2D eigenvalue weighted by atomic mass is 10.1. The third kappa shape index (κ3) is 1.47. The minimum absolute atomic E-state index is 0.535. The van der Waals surface area contributed by atoms with E-state index in [1.165, 1.54) is 15.6 Å². The van der Waals surface area contributed by atoms with E-state index in [-0.39, 0.29) is 0 Å². The number of thiol groups is 1. The SMILES string of the molecule is Cc1csc2ccc(S)c(CCl)c12. The van der Waals surface area contributed by atoms with E-state index in [9.17, 15) is 0 Å². The molecule has 0 saturated carbocycles. The molecule has 1 heterocycles. The summed E-state index contributed by atoms with van der Waals surface area (Å²) in [6.45, 7) is 2.11. The van der Waals surface area contributed by atoms with Gasteiger partial charge in [0.2, 0.25) is 0 Å². The van der Waals surface area contributed by atoms with Crippen LogP contribution >= 0.6 is 35.6 Å². The van der Waals surface area contributed by atoms with Gasteiger partial charge in [-0.2, -0.15) is 0 Å². The van der Waals surface area contributed by atoms with Crippen molar-refractivity contribution in [3.63, 3.8) is 0 Å². The zero-order valence-electron chi connectivity index (χ0n) is 7.17. The molecule has 0 unspecified atom stereocenters. The first-order valence-electron chi connectivity index (χ1n) is 3.98. The second-order valence-corrected chi connectivity index (χ2v) is 4.65. The van der Waals surface area contributed by atoms with Crippen molar-refractivity contribution in [2.45, 2.75) is 17.7 Å². The molecule has 2 rings (SSSR count). The summed E-state index contributed by atoms with van der Waals surface area (Å²) in [6.07, 6.45) is 0. The summed E-state index contributed by atoms with van der Waals surface area (Å²) in [5.41, 5.74) is 2.45. The molecule has 0 spiro atoms. The highest BCUT2D eigenvalue weighted by Gasteiger charge is 2.07. The van der Waals surface area contributed by atoms with Gasteiger partial charge in [-0.05, 0) is 35.6 Å². The van der Waals surface area contributed by atoms with E-state index in [1.807, 2.05) is 6.07 Å². The Hall–Kier alpha value is -0.180. The lowest BCUT2D eigenvalue weighted by Crippen LogP contribution is -1.83. The van der Waals surface area contributed by atoms with Crippen LogP contribution < -0.4 is 0 Å². The van der Waals surface area contributed by atoms with Gasteiger partial charge in [-0.1, -0.05) is 0 Å². The van der Waals surface area contributed by atoms with E-state index in [1.54, 1.807) is 11.3 Å². The fraction of sp³-hybridized carbons (Fsp3) is 0.200. The van der Waals surface area contributed by atoms with Crippen LogP contribution in [0.15, 0.2) is 22.4 Å². The molecular formula is C10H9ClS2. The Morgan fingerprint density at radius 2 is 2.23 bits per heavy atom. The average molecular weight is 229 g/mol. The maximum absolute atomic E-state index is 5.90. The molecule has 0 nitrogen and oxygen atoms in total. The first-order valence-corrected chi connectivity index (χ1v) is 5.84. The number of alkyl halides is 1. The van der Waals surface area contributed by atoms with Gasteiger partial charge in [-0.3, -0.25) is 0 Å². The molecule has 2 aromatic rings. The van der Waals surface area contributed by atoms with Crippen molar-refractivity contribution in [3.8, 4) is 0 Å². The Labute approximate surface area is 91.9 Å². The lowest BCUT2D eigenvalue weighted by Gasteiger charge is -2.03. The summed E-state index contributed by atoms with van der Waals surface area (Å²) in [6, 6.07) is 4.12. The Kier molecular flexibility index (Phi) is 2.54. The molecule has 13 heavy (non-hydrogen) atoms. The first kappa shape index (κ1) is 9.38. The van der Waals surface area contributed by atoms with E-state index in [0.29, 0.717) is 5.88 Å². The fourth-order valence-corrected chi connectivity index (χ4v) is 3.10. The molecule has 1 aromatic carbocycles. The molecule has 0 aliphatic carbocycles. The van der Waals surface area contributed by atoms with Crippen LogP contribution in [0.3, 0.4) is 0 Å². The first-order chi connectivity index (χ1) is 6.24. The van der Waals surface area contributed by atoms with Crippen LogP contribution in [0.4, 0.5) is 0 Å². The lowest BCUT2D eigenvalue weighted by molar-refractivity contribution is 1.30. The van der Waals surface area contributed by atoms with Gasteiger partial charge in [0, 0.05) is 20.9 Å². The van der Waals surface area contributed by atoms with Gasteiger partial charge in [-0.25, -0.2) is 0 Å². The minimum Gasteiger partial charge on any atom is -0.144 e. The summed E-state index contributed by atoms with van der Waals surface area (Å²) < 4.78 is 1.30. The maximum Gasteiger partial charge on any atom is 0.0491 e. The van der Waals surface area contributed by atoms with E-state index < -0.39 is 0 Å². The Morgan fingerprint density at radius 1 is 1.46 bits per heavy atom. The van der Waals surface area contributed by atoms with Gasteiger partial charge in [-0.15, -0.1) is 35.6 Å². The highest BCUT2D eigenvalue weighted by atomic mass is 35.5. The Morgan fingerprint density at radius 3 is 2.92 bits per heavy atom. The number of hydrogen-bond acceptors (Lipinski definition) is 2. The molecular weight excluding hydrogens is 220 g/mol. The zero-order valence-corrected chi connectivity index (χ0v) is 9.64. The van der Waals surface area contributed by atoms with Crippen molar-refractivity contribution in [1.82, 2.24) is 0 Å². The van der Waals surface area contributed by atoms with E-state index in [4.69, 9.17) is 11.6 Å². The molecule has 0 fully saturated rings. The Bertz CT molecular complexity index is 445. The predicted molar refractivity (Wildman–Crippen MR) is 63.4 cm³/mol. The van der Waals surface area contributed by atoms with E-state index >= 15 is 0 Å². The quantitative estimate of drug-likeness (QED) is 0.548. The summed E-state index contributed by atoms with van der Waals surface area (Å²) in [5, 5.41) is 3.45. The number of aryl methyl sites for hydroxylation is 1. The van der Waals surface area contributed by atoms with Gasteiger partial charge < -0.3 is 0 Å². The monoisotopic (exact) mass is 228 g/mol. The van der Waals surface area contributed by atoms with Crippen molar-refractivity contribution < 1.29 is 0 Å². The van der Waals surface area contributed by atoms with E-state index in [0.717, 1.165) is 10.5 Å². The van der Waals surface area contributed by atoms with Crippen LogP contribution in [0.2, 0.25) is 0 Å². The molecule has 0 aliphatic rings. The van der Waals surface area contributed by atoms with Gasteiger partial charge in [0.25, 0.3) is 0 Å². The number of hydrogen-bond donors (Lipinski definition) is 1. The van der Waals surface area contributed by atoms with Crippen molar-refractivity contribution >= 4 is 45.7 Å². The fourth-order valence-electron chi connectivity index (χ4n) is 1.49. The van der Waals surface area contributed by atoms with Gasteiger partial charge in [0.1, 0.15) is 0 Å². The standard InChI is InChI=1S/C10H9ClS2/c1-6-5-13-9-3-2-8(12)7(4-11)10(6)9/h2-3,5,12H,4H2,1H3. The predicted octanol–water partition coefficient (Wildman–Crippen LogP) is 4.24. The number of benzene rings is 1. The topological polar surface area (TPSA) is 0 Å².